The summed E-state index contributed by atoms with van der Waals surface area (Å²) in [5.74, 6) is -0.253. The summed E-state index contributed by atoms with van der Waals surface area (Å²) in [4.78, 5) is 32.1. The van der Waals surface area contributed by atoms with Crippen LogP contribution >= 0.6 is 0 Å². The van der Waals surface area contributed by atoms with Crippen LogP contribution in [-0.4, -0.2) is 88.0 Å². The molecule has 0 aromatic heterocycles. The molecule has 1 unspecified atom stereocenters. The monoisotopic (exact) mass is 645 g/mol. The van der Waals surface area contributed by atoms with Crippen LogP contribution in [0, 0.1) is 12.3 Å². The first-order valence-corrected chi connectivity index (χ1v) is 14.6. The number of halogens is 6. The van der Waals surface area contributed by atoms with Crippen LogP contribution in [0.2, 0.25) is 0 Å². The van der Waals surface area contributed by atoms with Crippen LogP contribution in [0.3, 0.4) is 0 Å². The molecule has 2 aromatic rings. The average Bonchev–Trinajstić information content (AvgIpc) is 3.25. The molecule has 0 aliphatic carbocycles. The Morgan fingerprint density at radius 2 is 1.53 bits per heavy atom. The fourth-order valence-corrected chi connectivity index (χ4v) is 6.86. The number of urea groups is 1. The highest BCUT2D eigenvalue weighted by molar-refractivity contribution is 5.86. The van der Waals surface area contributed by atoms with Crippen LogP contribution in [0.5, 0.6) is 0 Å². The van der Waals surface area contributed by atoms with Crippen molar-refractivity contribution in [3.63, 3.8) is 0 Å². The maximum Gasteiger partial charge on any atom is 0.416 e. The Hall–Kier alpha value is -3.36. The zero-order valence-corrected chi connectivity index (χ0v) is 24.9. The highest BCUT2D eigenvalue weighted by atomic mass is 19.4. The van der Waals surface area contributed by atoms with Crippen molar-refractivity contribution in [2.75, 3.05) is 40.0 Å². The van der Waals surface area contributed by atoms with Gasteiger partial charge in [-0.1, -0.05) is 24.3 Å². The minimum absolute atomic E-state index is 0.000973. The zero-order chi connectivity index (χ0) is 33.3. The van der Waals surface area contributed by atoms with Crippen LogP contribution in [0.1, 0.15) is 65.6 Å². The number of carbonyl (C=O) groups excluding carboxylic acids is 2. The van der Waals surface area contributed by atoms with Gasteiger partial charge in [0.15, 0.2) is 0 Å². The Morgan fingerprint density at radius 3 is 2.04 bits per heavy atom. The van der Waals surface area contributed by atoms with Gasteiger partial charge in [-0.25, -0.2) is 4.79 Å². The average molecular weight is 646 g/mol. The van der Waals surface area contributed by atoms with Gasteiger partial charge < -0.3 is 30.0 Å². The molecule has 2 heterocycles. The number of benzene rings is 2. The molecule has 3 atom stereocenters. The molecule has 2 saturated heterocycles. The van der Waals surface area contributed by atoms with Crippen molar-refractivity contribution >= 4 is 11.9 Å². The van der Waals surface area contributed by atoms with Crippen molar-refractivity contribution < 1.29 is 51.3 Å². The molecule has 3 N–H and O–H groups in total. The van der Waals surface area contributed by atoms with Crippen molar-refractivity contribution in [3.8, 4) is 0 Å². The van der Waals surface area contributed by atoms with Crippen molar-refractivity contribution in [2.24, 2.45) is 5.41 Å². The smallest absolute Gasteiger partial charge is 0.396 e. The third kappa shape index (κ3) is 6.77. The number of hydrogen-bond donors (Lipinski definition) is 3. The number of nitrogens with zero attached hydrogens (tertiary/aromatic N) is 3. The molecule has 2 aromatic carbocycles. The number of aryl methyl sites for hydroxylation is 1. The lowest BCUT2D eigenvalue weighted by atomic mass is 9.77. The molecule has 2 aliphatic rings. The van der Waals surface area contributed by atoms with Gasteiger partial charge in [-0.2, -0.15) is 26.3 Å². The summed E-state index contributed by atoms with van der Waals surface area (Å²) in [6.07, 6.45) is -10.1. The molecule has 2 aliphatic heterocycles. The number of fused-ring (bicyclic) bond motifs is 1. The van der Waals surface area contributed by atoms with E-state index in [4.69, 9.17) is 0 Å². The Morgan fingerprint density at radius 1 is 0.956 bits per heavy atom. The summed E-state index contributed by atoms with van der Waals surface area (Å²) < 4.78 is 82.0. The van der Waals surface area contributed by atoms with Crippen molar-refractivity contribution in [2.45, 2.75) is 63.1 Å². The number of rotatable bonds is 9. The maximum absolute atomic E-state index is 14.3. The molecule has 0 spiro atoms. The largest absolute Gasteiger partial charge is 0.416 e. The Balaban J connectivity index is 1.78. The van der Waals surface area contributed by atoms with Gasteiger partial charge in [0.2, 0.25) is 5.91 Å². The van der Waals surface area contributed by atoms with E-state index in [0.29, 0.717) is 17.7 Å². The van der Waals surface area contributed by atoms with Crippen molar-refractivity contribution in [1.29, 1.82) is 0 Å². The van der Waals surface area contributed by atoms with Gasteiger partial charge in [0, 0.05) is 40.0 Å². The molecule has 0 bridgehead atoms. The summed E-state index contributed by atoms with van der Waals surface area (Å²) in [6, 6.07) is 4.91. The Kier molecular flexibility index (Phi) is 10.1. The van der Waals surface area contributed by atoms with Gasteiger partial charge in [0.1, 0.15) is 0 Å². The quantitative estimate of drug-likeness (QED) is 0.336. The van der Waals surface area contributed by atoms with Crippen LogP contribution in [-0.2, 0) is 17.1 Å². The lowest BCUT2D eigenvalue weighted by Crippen LogP contribution is -2.57. The normalized spacial score (nSPS) is 20.7. The molecule has 0 saturated carbocycles. The minimum atomic E-state index is -5.10. The highest BCUT2D eigenvalue weighted by Crippen LogP contribution is 2.49. The standard InChI is InChI=1S/C31H37F6N3O5/c1-19-5-3-4-6-23(19)26-25-18-29(8-13-42,9-14-43)27(44)39(25)10-11-40(26)28(45)38(2)24(7-12-41)20-15-21(30(32,33)34)17-22(16-20)31(35,36)37/h3-6,15-17,24-26,41-43H,7-14,18H2,1-2H3/t24?,25-,26-/m0/s1. The molecule has 2 fully saturated rings. The topological polar surface area (TPSA) is 105 Å². The second-order valence-electron chi connectivity index (χ2n) is 11.8. The predicted molar refractivity (Wildman–Crippen MR) is 151 cm³/mol. The lowest BCUT2D eigenvalue weighted by molar-refractivity contribution is -0.143. The van der Waals surface area contributed by atoms with E-state index in [1.54, 1.807) is 23.1 Å². The second-order valence-corrected chi connectivity index (χ2v) is 11.8. The summed E-state index contributed by atoms with van der Waals surface area (Å²) in [5.41, 5.74) is -3.08. The van der Waals surface area contributed by atoms with E-state index in [-0.39, 0.29) is 64.0 Å². The number of aliphatic hydroxyl groups is 3. The van der Waals surface area contributed by atoms with Gasteiger partial charge in [0.05, 0.1) is 34.7 Å². The molecule has 4 rings (SSSR count). The molecule has 248 valence electrons. The first kappa shape index (κ1) is 34.5. The molecule has 14 heteroatoms. The van der Waals surface area contributed by atoms with E-state index < -0.39 is 65.2 Å². The van der Waals surface area contributed by atoms with Gasteiger partial charge in [-0.05, 0) is 67.5 Å². The third-order valence-corrected chi connectivity index (χ3v) is 9.10. The number of piperazine rings is 1. The number of hydrogen-bond acceptors (Lipinski definition) is 5. The van der Waals surface area contributed by atoms with Crippen LogP contribution in [0.15, 0.2) is 42.5 Å². The molecule has 3 amide bonds. The van der Waals surface area contributed by atoms with E-state index in [1.165, 1.54) is 11.9 Å². The summed E-state index contributed by atoms with van der Waals surface area (Å²) in [6.45, 7) is 0.690. The number of carbonyl (C=O) groups is 2. The number of amides is 3. The lowest BCUT2D eigenvalue weighted by Gasteiger charge is -2.47. The predicted octanol–water partition coefficient (Wildman–Crippen LogP) is 4.92. The van der Waals surface area contributed by atoms with Crippen molar-refractivity contribution in [3.05, 3.63) is 70.3 Å². The van der Waals surface area contributed by atoms with E-state index >= 15 is 0 Å². The minimum Gasteiger partial charge on any atom is -0.396 e. The summed E-state index contributed by atoms with van der Waals surface area (Å²) >= 11 is 0. The molecule has 0 radical (unpaired) electrons. The van der Waals surface area contributed by atoms with Crippen LogP contribution in [0.25, 0.3) is 0 Å². The third-order valence-electron chi connectivity index (χ3n) is 9.10. The fourth-order valence-electron chi connectivity index (χ4n) is 6.86. The summed E-state index contributed by atoms with van der Waals surface area (Å²) in [5, 5.41) is 29.4. The van der Waals surface area contributed by atoms with Crippen LogP contribution < -0.4 is 0 Å². The van der Waals surface area contributed by atoms with E-state index in [2.05, 4.69) is 0 Å². The van der Waals surface area contributed by atoms with Crippen LogP contribution in [0.4, 0.5) is 31.1 Å². The Bertz CT molecular complexity index is 1350. The number of aliphatic hydroxyl groups excluding tert-OH is 3. The van der Waals surface area contributed by atoms with Gasteiger partial charge in [0.25, 0.3) is 0 Å². The highest BCUT2D eigenvalue weighted by Gasteiger charge is 2.56. The van der Waals surface area contributed by atoms with E-state index in [0.717, 1.165) is 10.5 Å². The van der Waals surface area contributed by atoms with Crippen molar-refractivity contribution in [1.82, 2.24) is 14.7 Å². The molecular weight excluding hydrogens is 608 g/mol. The second kappa shape index (κ2) is 13.2. The maximum atomic E-state index is 14.3. The number of alkyl halides is 6. The first-order chi connectivity index (χ1) is 21.1. The fraction of sp³-hybridized carbons (Fsp3) is 0.548. The first-order valence-electron chi connectivity index (χ1n) is 14.6. The van der Waals surface area contributed by atoms with E-state index in [9.17, 15) is 51.3 Å². The molecular formula is C31H37F6N3O5. The van der Waals surface area contributed by atoms with Gasteiger partial charge in [-0.3, -0.25) is 4.79 Å². The molecule has 8 nitrogen and oxygen atoms in total. The zero-order valence-electron chi connectivity index (χ0n) is 24.9. The van der Waals surface area contributed by atoms with Gasteiger partial charge in [-0.15, -0.1) is 0 Å². The van der Waals surface area contributed by atoms with E-state index in [1.807, 2.05) is 13.0 Å². The van der Waals surface area contributed by atoms with Gasteiger partial charge >= 0.3 is 18.4 Å². The Labute approximate surface area is 256 Å². The SMILES string of the molecule is Cc1ccccc1[C@H]1[C@@H]2CC(CCO)(CCO)C(=O)N2CCN1C(=O)N(C)C(CCO)c1cc(C(F)(F)F)cc(C(F)(F)F)c1. The molecule has 45 heavy (non-hydrogen) atoms. The summed E-state index contributed by atoms with van der Waals surface area (Å²) in [7, 11) is 1.26.